The van der Waals surface area contributed by atoms with Crippen molar-refractivity contribution in [3.63, 3.8) is 0 Å². The zero-order chi connectivity index (χ0) is 19.8. The summed E-state index contributed by atoms with van der Waals surface area (Å²) in [6.07, 6.45) is -6.53. The van der Waals surface area contributed by atoms with Gasteiger partial charge in [-0.1, -0.05) is 16.8 Å². The summed E-state index contributed by atoms with van der Waals surface area (Å²) in [5.74, 6) is -1.61. The van der Waals surface area contributed by atoms with Crippen LogP contribution < -0.4 is 5.32 Å². The third kappa shape index (κ3) is 3.78. The molecule has 0 spiro atoms. The summed E-state index contributed by atoms with van der Waals surface area (Å²) in [5.41, 5.74) is 0.223. The Morgan fingerprint density at radius 2 is 2.04 bits per heavy atom. The van der Waals surface area contributed by atoms with Crippen LogP contribution in [-0.2, 0) is 0 Å². The smallest absolute Gasteiger partial charge is 0.409 e. The number of H-pyrrole nitrogens is 1. The van der Waals surface area contributed by atoms with E-state index in [2.05, 4.69) is 25.4 Å². The molecule has 3 aromatic rings. The molecule has 3 rings (SSSR count). The number of nitrogens with zero attached hydrogens (tertiary/aromatic N) is 3. The van der Waals surface area contributed by atoms with Gasteiger partial charge < -0.3 is 20.6 Å². The van der Waals surface area contributed by atoms with Gasteiger partial charge in [0.2, 0.25) is 6.10 Å². The Morgan fingerprint density at radius 3 is 2.67 bits per heavy atom. The molecule has 2 heterocycles. The van der Waals surface area contributed by atoms with E-state index in [1.807, 2.05) is 0 Å². The first-order valence-corrected chi connectivity index (χ1v) is 7.62. The molecule has 0 saturated carbocycles. The van der Waals surface area contributed by atoms with Gasteiger partial charge in [-0.3, -0.25) is 0 Å². The molecule has 7 nitrogen and oxygen atoms in total. The van der Waals surface area contributed by atoms with Crippen LogP contribution in [0.3, 0.4) is 0 Å². The van der Waals surface area contributed by atoms with Gasteiger partial charge >= 0.3 is 6.18 Å². The molecule has 0 bridgehead atoms. The minimum Gasteiger partial charge on any atom is -0.409 e. The Balaban J connectivity index is 2.01. The highest BCUT2D eigenvalue weighted by Crippen LogP contribution is 2.32. The number of alkyl halides is 3. The van der Waals surface area contributed by atoms with E-state index in [1.165, 1.54) is 24.4 Å². The van der Waals surface area contributed by atoms with Gasteiger partial charge in [-0.25, -0.2) is 14.4 Å². The number of amidine groups is 1. The molecule has 0 saturated heterocycles. The molecule has 142 valence electrons. The second kappa shape index (κ2) is 7.00. The molecular formula is C15H10ClF4N5O2. The SMILES string of the molecule is O/N=C(\Nc1ccc(F)c(Cl)c1)c1ccnc2nc(C(O)C(F)(F)F)[nH]c12. The molecule has 4 N–H and O–H groups in total. The number of halogens is 5. The first kappa shape index (κ1) is 18.9. The summed E-state index contributed by atoms with van der Waals surface area (Å²) < 4.78 is 51.3. The fourth-order valence-electron chi connectivity index (χ4n) is 2.27. The van der Waals surface area contributed by atoms with Crippen LogP contribution in [0.15, 0.2) is 35.6 Å². The zero-order valence-electron chi connectivity index (χ0n) is 13.1. The van der Waals surface area contributed by atoms with Crippen molar-refractivity contribution >= 4 is 34.3 Å². The fourth-order valence-corrected chi connectivity index (χ4v) is 2.45. The number of aromatic nitrogens is 3. The van der Waals surface area contributed by atoms with Gasteiger partial charge in [0, 0.05) is 17.4 Å². The topological polar surface area (TPSA) is 106 Å². The first-order chi connectivity index (χ1) is 12.7. The number of nitrogens with one attached hydrogen (secondary N) is 2. The Bertz CT molecular complexity index is 1020. The molecule has 0 aliphatic carbocycles. The molecule has 0 amide bonds. The van der Waals surface area contributed by atoms with Gasteiger partial charge in [0.25, 0.3) is 0 Å². The van der Waals surface area contributed by atoms with E-state index in [1.54, 1.807) is 0 Å². The van der Waals surface area contributed by atoms with Crippen LogP contribution in [0.2, 0.25) is 5.02 Å². The third-order valence-electron chi connectivity index (χ3n) is 3.52. The summed E-state index contributed by atoms with van der Waals surface area (Å²) in [4.78, 5) is 9.77. The highest BCUT2D eigenvalue weighted by atomic mass is 35.5. The maximum absolute atomic E-state index is 13.2. The molecule has 1 unspecified atom stereocenters. The summed E-state index contributed by atoms with van der Waals surface area (Å²) in [6.45, 7) is 0. The van der Waals surface area contributed by atoms with Gasteiger partial charge in [0.1, 0.15) is 11.6 Å². The number of oxime groups is 1. The predicted molar refractivity (Wildman–Crippen MR) is 88.3 cm³/mol. The van der Waals surface area contributed by atoms with Crippen LogP contribution in [0.5, 0.6) is 0 Å². The summed E-state index contributed by atoms with van der Waals surface area (Å²) in [5, 5.41) is 24.2. The van der Waals surface area contributed by atoms with Crippen molar-refractivity contribution in [2.45, 2.75) is 12.3 Å². The number of fused-ring (bicyclic) bond motifs is 1. The summed E-state index contributed by atoms with van der Waals surface area (Å²) in [6, 6.07) is 4.97. The van der Waals surface area contributed by atoms with Crippen molar-refractivity contribution in [3.8, 4) is 0 Å². The Hall–Kier alpha value is -2.92. The number of pyridine rings is 1. The molecule has 0 aliphatic rings. The van der Waals surface area contributed by atoms with E-state index in [0.717, 1.165) is 6.07 Å². The van der Waals surface area contributed by atoms with E-state index >= 15 is 0 Å². The number of rotatable bonds is 3. The lowest BCUT2D eigenvalue weighted by molar-refractivity contribution is -0.208. The van der Waals surface area contributed by atoms with E-state index in [9.17, 15) is 27.9 Å². The molecule has 2 aromatic heterocycles. The maximum Gasteiger partial charge on any atom is 0.421 e. The van der Waals surface area contributed by atoms with E-state index in [0.29, 0.717) is 0 Å². The number of aliphatic hydroxyl groups excluding tert-OH is 1. The highest BCUT2D eigenvalue weighted by Gasteiger charge is 2.41. The number of imidazole rings is 1. The number of hydrogen-bond acceptors (Lipinski definition) is 5. The van der Waals surface area contributed by atoms with Crippen LogP contribution in [0.4, 0.5) is 23.2 Å². The highest BCUT2D eigenvalue weighted by molar-refractivity contribution is 6.31. The zero-order valence-corrected chi connectivity index (χ0v) is 13.8. The van der Waals surface area contributed by atoms with Crippen LogP contribution >= 0.6 is 11.6 Å². The average molecular weight is 404 g/mol. The predicted octanol–water partition coefficient (Wildman–Crippen LogP) is 3.59. The summed E-state index contributed by atoms with van der Waals surface area (Å²) in [7, 11) is 0. The van der Waals surface area contributed by atoms with E-state index in [4.69, 9.17) is 11.6 Å². The lowest BCUT2D eigenvalue weighted by atomic mass is 10.2. The van der Waals surface area contributed by atoms with Crippen LogP contribution in [0.1, 0.15) is 17.5 Å². The summed E-state index contributed by atoms with van der Waals surface area (Å²) >= 11 is 5.68. The Labute approximate surface area is 153 Å². The third-order valence-corrected chi connectivity index (χ3v) is 3.81. The fraction of sp³-hybridized carbons (Fsp3) is 0.133. The van der Waals surface area contributed by atoms with Crippen molar-refractivity contribution in [3.05, 3.63) is 52.7 Å². The van der Waals surface area contributed by atoms with E-state index < -0.39 is 23.9 Å². The molecule has 0 radical (unpaired) electrons. The lowest BCUT2D eigenvalue weighted by Crippen LogP contribution is -2.21. The van der Waals surface area contributed by atoms with Gasteiger partial charge in [0.05, 0.1) is 10.5 Å². The van der Waals surface area contributed by atoms with Crippen molar-refractivity contribution < 1.29 is 27.9 Å². The van der Waals surface area contributed by atoms with Crippen molar-refractivity contribution in [1.82, 2.24) is 15.0 Å². The molecule has 0 aliphatic heterocycles. The Morgan fingerprint density at radius 1 is 1.30 bits per heavy atom. The van der Waals surface area contributed by atoms with Crippen LogP contribution in [-0.4, -0.2) is 37.3 Å². The number of anilines is 1. The second-order valence-corrected chi connectivity index (χ2v) is 5.73. The van der Waals surface area contributed by atoms with Gasteiger partial charge in [-0.2, -0.15) is 13.2 Å². The van der Waals surface area contributed by atoms with Gasteiger partial charge in [-0.05, 0) is 24.3 Å². The average Bonchev–Trinajstić information content (AvgIpc) is 3.05. The Kier molecular flexibility index (Phi) is 4.89. The maximum atomic E-state index is 13.2. The molecule has 12 heteroatoms. The van der Waals surface area contributed by atoms with Gasteiger partial charge in [0.15, 0.2) is 11.5 Å². The molecule has 0 fully saturated rings. The van der Waals surface area contributed by atoms with Gasteiger partial charge in [-0.15, -0.1) is 0 Å². The quantitative estimate of drug-likeness (QED) is 0.176. The number of hydrogen-bond donors (Lipinski definition) is 4. The van der Waals surface area contributed by atoms with Crippen molar-refractivity contribution in [1.29, 1.82) is 0 Å². The van der Waals surface area contributed by atoms with Crippen LogP contribution in [0.25, 0.3) is 11.2 Å². The monoisotopic (exact) mass is 403 g/mol. The van der Waals surface area contributed by atoms with E-state index in [-0.39, 0.29) is 33.3 Å². The normalized spacial score (nSPS) is 13.8. The molecule has 27 heavy (non-hydrogen) atoms. The minimum atomic E-state index is -4.93. The molecule has 1 atom stereocenters. The lowest BCUT2D eigenvalue weighted by Gasteiger charge is -2.11. The number of benzene rings is 1. The van der Waals surface area contributed by atoms with Crippen molar-refractivity contribution in [2.75, 3.05) is 5.32 Å². The van der Waals surface area contributed by atoms with Crippen LogP contribution in [0, 0.1) is 5.82 Å². The molecular weight excluding hydrogens is 394 g/mol. The second-order valence-electron chi connectivity index (χ2n) is 5.33. The molecule has 1 aromatic carbocycles. The number of aliphatic hydroxyl groups is 1. The number of aromatic amines is 1. The standard InChI is InChI=1S/C15H10ClF4N5O2/c16-8-5-6(1-2-9(8)17)22-12(25-27)7-3-4-21-13-10(7)23-14(24-13)11(26)15(18,19)20/h1-5,11,26-27H,(H,22,25)(H,21,23,24). The largest absolute Gasteiger partial charge is 0.421 e. The first-order valence-electron chi connectivity index (χ1n) is 7.24. The minimum absolute atomic E-state index is 0.00990. The van der Waals surface area contributed by atoms with Crippen molar-refractivity contribution in [2.24, 2.45) is 5.16 Å².